The van der Waals surface area contributed by atoms with E-state index in [0.717, 1.165) is 16.7 Å². The van der Waals surface area contributed by atoms with E-state index in [1.54, 1.807) is 0 Å². The summed E-state index contributed by atoms with van der Waals surface area (Å²) in [6.45, 7) is 4.00. The Bertz CT molecular complexity index is 746. The van der Waals surface area contributed by atoms with Crippen LogP contribution in [0.2, 0.25) is 0 Å². The molecule has 1 aromatic rings. The first kappa shape index (κ1) is 13.2. The Morgan fingerprint density at radius 2 is 2.00 bits per heavy atom. The van der Waals surface area contributed by atoms with Crippen LogP contribution in [-0.2, 0) is 4.74 Å². The molecule has 22 heavy (non-hydrogen) atoms. The van der Waals surface area contributed by atoms with E-state index in [-0.39, 0.29) is 16.8 Å². The zero-order valence-corrected chi connectivity index (χ0v) is 12.4. The number of allylic oxidation sites excluding steroid dienone is 1. The zero-order valence-electron chi connectivity index (χ0n) is 12.4. The number of hydrogen-bond acceptors (Lipinski definition) is 4. The lowest BCUT2D eigenvalue weighted by molar-refractivity contribution is -0.579. The molecule has 2 aliphatic carbocycles. The van der Waals surface area contributed by atoms with Crippen LogP contribution in [0.1, 0.15) is 19.4 Å². The van der Waals surface area contributed by atoms with Crippen molar-refractivity contribution in [3.8, 4) is 0 Å². The van der Waals surface area contributed by atoms with Gasteiger partial charge in [-0.25, -0.2) is 0 Å². The average Bonchev–Trinajstić information content (AvgIpc) is 3.16. The van der Waals surface area contributed by atoms with Crippen molar-refractivity contribution in [3.63, 3.8) is 0 Å². The second-order valence-electron chi connectivity index (χ2n) is 6.21. The van der Waals surface area contributed by atoms with Crippen molar-refractivity contribution in [1.82, 2.24) is 0 Å². The second-order valence-corrected chi connectivity index (χ2v) is 6.21. The minimum atomic E-state index is -1.41. The Hall–Kier alpha value is -2.43. The van der Waals surface area contributed by atoms with Gasteiger partial charge in [0.05, 0.1) is 10.8 Å². The van der Waals surface area contributed by atoms with Crippen molar-refractivity contribution in [1.29, 1.82) is 0 Å². The Balaban J connectivity index is 1.87. The highest BCUT2D eigenvalue weighted by molar-refractivity contribution is 5.96. The third-order valence-corrected chi connectivity index (χ3v) is 4.82. The van der Waals surface area contributed by atoms with Crippen molar-refractivity contribution in [2.24, 2.45) is 16.8 Å². The van der Waals surface area contributed by atoms with Gasteiger partial charge in [0.2, 0.25) is 12.0 Å². The highest BCUT2D eigenvalue weighted by atomic mass is 16.6. The third-order valence-electron chi connectivity index (χ3n) is 4.82. The minimum Gasteiger partial charge on any atom is -0.463 e. The molecule has 0 spiro atoms. The van der Waals surface area contributed by atoms with Gasteiger partial charge in [-0.3, -0.25) is 10.1 Å². The fourth-order valence-electron chi connectivity index (χ4n) is 3.94. The number of nitro groups is 1. The molecule has 1 aliphatic heterocycles. The number of benzene rings is 1. The van der Waals surface area contributed by atoms with Crippen molar-refractivity contribution in [2.45, 2.75) is 25.6 Å². The van der Waals surface area contributed by atoms with Crippen LogP contribution in [0, 0.1) is 22.0 Å². The molecule has 0 aromatic heterocycles. The van der Waals surface area contributed by atoms with E-state index in [0.29, 0.717) is 5.90 Å². The summed E-state index contributed by atoms with van der Waals surface area (Å²) in [6, 6.07) is 9.38. The normalized spacial score (nSPS) is 34.4. The molecule has 2 bridgehead atoms. The van der Waals surface area contributed by atoms with Gasteiger partial charge in [-0.1, -0.05) is 35.9 Å². The van der Waals surface area contributed by atoms with Crippen LogP contribution in [0.25, 0.3) is 0 Å². The average molecular weight is 296 g/mol. The number of nitrogens with zero attached hydrogens (tertiary/aromatic N) is 2. The molecule has 4 atom stereocenters. The molecule has 0 amide bonds. The van der Waals surface area contributed by atoms with E-state index < -0.39 is 11.8 Å². The molecular formula is C17H16N2O3. The first-order valence-corrected chi connectivity index (χ1v) is 7.37. The quantitative estimate of drug-likeness (QED) is 0.479. The molecular weight excluding hydrogens is 280 g/mol. The van der Waals surface area contributed by atoms with Crippen molar-refractivity contribution >= 4 is 5.90 Å². The van der Waals surface area contributed by atoms with Crippen molar-refractivity contribution < 1.29 is 9.66 Å². The minimum absolute atomic E-state index is 0.0506. The van der Waals surface area contributed by atoms with Gasteiger partial charge in [-0.2, -0.15) is 4.99 Å². The van der Waals surface area contributed by atoms with Crippen LogP contribution in [0.4, 0.5) is 0 Å². The van der Waals surface area contributed by atoms with E-state index >= 15 is 0 Å². The van der Waals surface area contributed by atoms with E-state index in [1.807, 2.05) is 56.3 Å². The van der Waals surface area contributed by atoms with Crippen molar-refractivity contribution in [3.05, 3.63) is 69.3 Å². The number of aliphatic imine (C=N–C) groups is 1. The summed E-state index contributed by atoms with van der Waals surface area (Å²) < 4.78 is 5.97. The highest BCUT2D eigenvalue weighted by Gasteiger charge is 2.73. The van der Waals surface area contributed by atoms with Gasteiger partial charge in [0.1, 0.15) is 0 Å². The first-order chi connectivity index (χ1) is 10.6. The molecule has 1 saturated carbocycles. The molecule has 0 saturated heterocycles. The van der Waals surface area contributed by atoms with E-state index in [1.165, 1.54) is 0 Å². The Kier molecular flexibility index (Phi) is 2.58. The number of hydrogen-bond donors (Lipinski definition) is 0. The molecule has 1 fully saturated rings. The standard InChI is InChI=1S/C17H16N2O3/c1-10(2)14-12-8-9-13(14)17(19(20)21)15(12)22-16(18-17)11-6-4-3-5-7-11/h3-9,12-13,15H,1-2H3/t12-,13+,15+,17+/m1/s1. The van der Waals surface area contributed by atoms with E-state index in [9.17, 15) is 10.1 Å². The molecule has 112 valence electrons. The first-order valence-electron chi connectivity index (χ1n) is 7.37. The molecule has 5 nitrogen and oxygen atoms in total. The summed E-state index contributed by atoms with van der Waals surface area (Å²) >= 11 is 0. The molecule has 1 aromatic carbocycles. The molecule has 0 N–H and O–H groups in total. The SMILES string of the molecule is CC(C)=C1[C@H]2C=C[C@@H]1[C@@]1([N+](=O)[O-])N=C(c3ccccc3)O[C@@H]21. The van der Waals surface area contributed by atoms with Crippen LogP contribution in [0.5, 0.6) is 0 Å². The maximum Gasteiger partial charge on any atom is 0.363 e. The van der Waals surface area contributed by atoms with Gasteiger partial charge < -0.3 is 4.74 Å². The molecule has 0 radical (unpaired) electrons. The summed E-state index contributed by atoms with van der Waals surface area (Å²) in [6.07, 6.45) is 3.41. The lowest BCUT2D eigenvalue weighted by atomic mass is 9.92. The zero-order chi connectivity index (χ0) is 15.5. The van der Waals surface area contributed by atoms with Crippen LogP contribution < -0.4 is 0 Å². The van der Waals surface area contributed by atoms with Crippen LogP contribution in [0.3, 0.4) is 0 Å². The summed E-state index contributed by atoms with van der Waals surface area (Å²) in [4.78, 5) is 16.1. The van der Waals surface area contributed by atoms with Gasteiger partial charge in [-0.05, 0) is 31.6 Å². The van der Waals surface area contributed by atoms with Crippen LogP contribution in [0.15, 0.2) is 58.6 Å². The van der Waals surface area contributed by atoms with Gasteiger partial charge in [0.15, 0.2) is 0 Å². The fourth-order valence-corrected chi connectivity index (χ4v) is 3.94. The summed E-state index contributed by atoms with van der Waals surface area (Å²) in [5, 5.41) is 11.9. The topological polar surface area (TPSA) is 64.7 Å². The molecule has 5 heteroatoms. The monoisotopic (exact) mass is 296 g/mol. The van der Waals surface area contributed by atoms with Gasteiger partial charge >= 0.3 is 5.66 Å². The lowest BCUT2D eigenvalue weighted by Gasteiger charge is -2.23. The number of fused-ring (bicyclic) bond motifs is 5. The lowest BCUT2D eigenvalue weighted by Crippen LogP contribution is -2.48. The predicted molar refractivity (Wildman–Crippen MR) is 82.1 cm³/mol. The van der Waals surface area contributed by atoms with E-state index in [4.69, 9.17) is 4.74 Å². The number of ether oxygens (including phenoxy) is 1. The van der Waals surface area contributed by atoms with Gasteiger partial charge in [0, 0.05) is 11.5 Å². The maximum atomic E-state index is 11.9. The van der Waals surface area contributed by atoms with Crippen LogP contribution >= 0.6 is 0 Å². The van der Waals surface area contributed by atoms with Crippen LogP contribution in [-0.4, -0.2) is 22.6 Å². The molecule has 0 unspecified atom stereocenters. The molecule has 1 heterocycles. The highest BCUT2D eigenvalue weighted by Crippen LogP contribution is 2.57. The summed E-state index contributed by atoms with van der Waals surface area (Å²) in [7, 11) is 0. The summed E-state index contributed by atoms with van der Waals surface area (Å²) in [5.74, 6) is 0.0304. The second kappa shape index (κ2) is 4.29. The Morgan fingerprint density at radius 1 is 1.27 bits per heavy atom. The van der Waals surface area contributed by atoms with Gasteiger partial charge in [0.25, 0.3) is 0 Å². The van der Waals surface area contributed by atoms with E-state index in [2.05, 4.69) is 4.99 Å². The fraction of sp³-hybridized carbons (Fsp3) is 0.353. The Morgan fingerprint density at radius 3 is 2.59 bits per heavy atom. The Labute approximate surface area is 128 Å². The third kappa shape index (κ3) is 1.46. The smallest absolute Gasteiger partial charge is 0.363 e. The predicted octanol–water partition coefficient (Wildman–Crippen LogP) is 2.96. The summed E-state index contributed by atoms with van der Waals surface area (Å²) in [5.41, 5.74) is 1.60. The number of rotatable bonds is 2. The molecule has 3 aliphatic rings. The molecule has 4 rings (SSSR count). The maximum absolute atomic E-state index is 11.9. The van der Waals surface area contributed by atoms with Crippen molar-refractivity contribution in [2.75, 3.05) is 0 Å². The van der Waals surface area contributed by atoms with Gasteiger partial charge in [-0.15, -0.1) is 0 Å². The largest absolute Gasteiger partial charge is 0.463 e.